The van der Waals surface area contributed by atoms with Crippen LogP contribution < -0.4 is 10.6 Å². The van der Waals surface area contributed by atoms with Gasteiger partial charge in [0.1, 0.15) is 11.6 Å². The second-order valence-corrected chi connectivity index (χ2v) is 12.5. The molecule has 1 unspecified atom stereocenters. The smallest absolute Gasteiger partial charge is 0.217 e. The van der Waals surface area contributed by atoms with Crippen molar-refractivity contribution < 1.29 is 27.1 Å². The van der Waals surface area contributed by atoms with Gasteiger partial charge < -0.3 is 15.7 Å². The molecule has 1 fully saturated rings. The van der Waals surface area contributed by atoms with Crippen LogP contribution in [0.25, 0.3) is 0 Å². The van der Waals surface area contributed by atoms with Gasteiger partial charge in [0, 0.05) is 38.7 Å². The molecule has 3 N–H and O–H groups in total. The summed E-state index contributed by atoms with van der Waals surface area (Å²) >= 11 is 0. The Morgan fingerprint density at radius 1 is 1.08 bits per heavy atom. The van der Waals surface area contributed by atoms with Gasteiger partial charge in [-0.25, -0.2) is 21.5 Å². The van der Waals surface area contributed by atoms with Crippen LogP contribution in [0.4, 0.5) is 8.78 Å². The Bertz CT molecular complexity index is 1180. The van der Waals surface area contributed by atoms with E-state index >= 15 is 0 Å². The van der Waals surface area contributed by atoms with Crippen molar-refractivity contribution >= 4 is 15.9 Å². The fraction of sp³-hybridized carbons (Fsp3) is 0.536. The van der Waals surface area contributed by atoms with Gasteiger partial charge in [-0.05, 0) is 59.9 Å². The number of nitrogens with zero attached hydrogens (tertiary/aromatic N) is 1. The summed E-state index contributed by atoms with van der Waals surface area (Å²) < 4.78 is 53.0. The van der Waals surface area contributed by atoms with Crippen molar-refractivity contribution in [3.63, 3.8) is 0 Å². The highest BCUT2D eigenvalue weighted by atomic mass is 32.2. The SMILES string of the molecule is CC(=O)N[C@@H](Cc1cc(F)cc(F)c1)[C@H](O)CNC(c1cccc(C(C)C)c1)C1CCN(S(C)(=O)=O)CC1. The molecule has 0 aliphatic carbocycles. The lowest BCUT2D eigenvalue weighted by Crippen LogP contribution is -2.49. The monoisotopic (exact) mass is 551 g/mol. The first-order valence-corrected chi connectivity index (χ1v) is 14.9. The molecule has 0 aromatic heterocycles. The lowest BCUT2D eigenvalue weighted by molar-refractivity contribution is -0.120. The van der Waals surface area contributed by atoms with E-state index in [0.29, 0.717) is 37.4 Å². The van der Waals surface area contributed by atoms with Crippen LogP contribution >= 0.6 is 0 Å². The third kappa shape index (κ3) is 8.56. The molecule has 1 heterocycles. The highest BCUT2D eigenvalue weighted by Crippen LogP contribution is 2.33. The van der Waals surface area contributed by atoms with Crippen molar-refractivity contribution in [2.24, 2.45) is 5.92 Å². The van der Waals surface area contributed by atoms with Gasteiger partial charge in [0.05, 0.1) is 18.4 Å². The summed E-state index contributed by atoms with van der Waals surface area (Å²) in [5.74, 6) is -1.36. The van der Waals surface area contributed by atoms with E-state index in [9.17, 15) is 27.1 Å². The van der Waals surface area contributed by atoms with Crippen LogP contribution in [0.1, 0.15) is 62.3 Å². The normalized spacial score (nSPS) is 17.8. The van der Waals surface area contributed by atoms with Gasteiger partial charge in [0.2, 0.25) is 15.9 Å². The zero-order valence-electron chi connectivity index (χ0n) is 22.5. The molecule has 1 saturated heterocycles. The van der Waals surface area contributed by atoms with E-state index in [-0.39, 0.29) is 30.8 Å². The second kappa shape index (κ2) is 13.1. The molecular formula is C28H39F2N3O4S. The van der Waals surface area contributed by atoms with Crippen LogP contribution in [0.3, 0.4) is 0 Å². The molecule has 1 aliphatic rings. The maximum atomic E-state index is 13.7. The van der Waals surface area contributed by atoms with Crippen molar-refractivity contribution in [3.8, 4) is 0 Å². The van der Waals surface area contributed by atoms with Gasteiger partial charge in [0.15, 0.2) is 0 Å². The average molecular weight is 552 g/mol. The number of hydrogen-bond donors (Lipinski definition) is 3. The molecule has 0 saturated carbocycles. The number of rotatable bonds is 11. The number of sulfonamides is 1. The lowest BCUT2D eigenvalue weighted by Gasteiger charge is -2.36. The summed E-state index contributed by atoms with van der Waals surface area (Å²) in [6.07, 6.45) is 1.54. The number of amides is 1. The topological polar surface area (TPSA) is 98.7 Å². The third-order valence-corrected chi connectivity index (χ3v) is 8.46. The van der Waals surface area contributed by atoms with E-state index in [1.54, 1.807) is 0 Å². The Morgan fingerprint density at radius 2 is 1.68 bits per heavy atom. The maximum absolute atomic E-state index is 13.7. The van der Waals surface area contributed by atoms with Crippen LogP contribution in [0, 0.1) is 17.6 Å². The minimum atomic E-state index is -3.26. The van der Waals surface area contributed by atoms with Gasteiger partial charge in [-0.15, -0.1) is 0 Å². The summed E-state index contributed by atoms with van der Waals surface area (Å²) in [6.45, 7) is 6.52. The van der Waals surface area contributed by atoms with Crippen molar-refractivity contribution in [2.45, 2.75) is 64.1 Å². The lowest BCUT2D eigenvalue weighted by atomic mass is 9.84. The van der Waals surface area contributed by atoms with Gasteiger partial charge in [-0.3, -0.25) is 4.79 Å². The van der Waals surface area contributed by atoms with E-state index in [1.165, 1.54) is 35.2 Å². The minimum absolute atomic E-state index is 0.0529. The summed E-state index contributed by atoms with van der Waals surface area (Å²) in [6, 6.07) is 10.5. The molecule has 0 spiro atoms. The number of aliphatic hydroxyl groups excluding tert-OH is 1. The zero-order valence-corrected chi connectivity index (χ0v) is 23.3. The first-order chi connectivity index (χ1) is 17.8. The molecule has 3 atom stereocenters. The molecule has 0 radical (unpaired) electrons. The van der Waals surface area contributed by atoms with Gasteiger partial charge >= 0.3 is 0 Å². The van der Waals surface area contributed by atoms with Gasteiger partial charge in [0.25, 0.3) is 0 Å². The number of benzene rings is 2. The summed E-state index contributed by atoms with van der Waals surface area (Å²) in [4.78, 5) is 11.9. The zero-order chi connectivity index (χ0) is 28.0. The quantitative estimate of drug-likeness (QED) is 0.397. The Hall–Kier alpha value is -2.40. The predicted octanol–water partition coefficient (Wildman–Crippen LogP) is 3.50. The minimum Gasteiger partial charge on any atom is -0.390 e. The maximum Gasteiger partial charge on any atom is 0.217 e. The average Bonchev–Trinajstić information content (AvgIpc) is 2.82. The molecule has 2 aromatic carbocycles. The fourth-order valence-corrected chi connectivity index (χ4v) is 6.00. The molecule has 38 heavy (non-hydrogen) atoms. The Morgan fingerprint density at radius 3 is 2.24 bits per heavy atom. The molecule has 2 aromatic rings. The standard InChI is InChI=1S/C28H39F2N3O4S/c1-18(2)22-6-5-7-23(15-22)28(21-8-10-33(11-9-21)38(4,36)37)31-17-27(35)26(32-19(3)34)14-20-12-24(29)16-25(30)13-20/h5-7,12-13,15-16,18,21,26-28,31,35H,8-11,14,17H2,1-4H3,(H,32,34)/t26-,27+,28?/m0/s1. The van der Waals surface area contributed by atoms with Crippen molar-refractivity contribution in [1.82, 2.24) is 14.9 Å². The van der Waals surface area contributed by atoms with Gasteiger partial charge in [-0.1, -0.05) is 38.1 Å². The first kappa shape index (κ1) is 30.1. The molecule has 3 rings (SSSR count). The Kier molecular flexibility index (Phi) is 10.4. The van der Waals surface area contributed by atoms with E-state index in [2.05, 4.69) is 36.6 Å². The van der Waals surface area contributed by atoms with E-state index in [1.807, 2.05) is 12.1 Å². The van der Waals surface area contributed by atoms with Crippen LogP contribution in [-0.2, 0) is 21.2 Å². The van der Waals surface area contributed by atoms with Gasteiger partial charge in [-0.2, -0.15) is 0 Å². The van der Waals surface area contributed by atoms with E-state index in [4.69, 9.17) is 0 Å². The third-order valence-electron chi connectivity index (χ3n) is 7.15. The second-order valence-electron chi connectivity index (χ2n) is 10.6. The van der Waals surface area contributed by atoms with Crippen molar-refractivity contribution in [1.29, 1.82) is 0 Å². The van der Waals surface area contributed by atoms with Crippen LogP contribution in [0.2, 0.25) is 0 Å². The number of carbonyl (C=O) groups excluding carboxylic acids is 1. The molecule has 7 nitrogen and oxygen atoms in total. The van der Waals surface area contributed by atoms with Crippen molar-refractivity contribution in [3.05, 3.63) is 70.8 Å². The highest BCUT2D eigenvalue weighted by molar-refractivity contribution is 7.88. The fourth-order valence-electron chi connectivity index (χ4n) is 5.13. The molecule has 1 aliphatic heterocycles. The Labute approximate surface area is 224 Å². The molecular weight excluding hydrogens is 512 g/mol. The van der Waals surface area contributed by atoms with Crippen LogP contribution in [0.5, 0.6) is 0 Å². The summed E-state index contributed by atoms with van der Waals surface area (Å²) in [7, 11) is -3.26. The Balaban J connectivity index is 1.80. The summed E-state index contributed by atoms with van der Waals surface area (Å²) in [5.41, 5.74) is 2.55. The molecule has 0 bridgehead atoms. The van der Waals surface area contributed by atoms with E-state index < -0.39 is 33.8 Å². The van der Waals surface area contributed by atoms with Crippen LogP contribution in [-0.4, -0.2) is 61.8 Å². The number of aliphatic hydroxyl groups is 1. The van der Waals surface area contributed by atoms with Crippen molar-refractivity contribution in [2.75, 3.05) is 25.9 Å². The highest BCUT2D eigenvalue weighted by Gasteiger charge is 2.32. The molecule has 210 valence electrons. The van der Waals surface area contributed by atoms with E-state index in [0.717, 1.165) is 11.6 Å². The number of piperidine rings is 1. The molecule has 1 amide bonds. The van der Waals surface area contributed by atoms with Crippen LogP contribution in [0.15, 0.2) is 42.5 Å². The predicted molar refractivity (Wildman–Crippen MR) is 144 cm³/mol. The number of hydrogen-bond acceptors (Lipinski definition) is 5. The number of halogens is 2. The first-order valence-electron chi connectivity index (χ1n) is 13.0. The molecule has 10 heteroatoms. The number of carbonyl (C=O) groups is 1. The largest absolute Gasteiger partial charge is 0.390 e. The summed E-state index contributed by atoms with van der Waals surface area (Å²) in [5, 5.41) is 17.3. The number of nitrogens with one attached hydrogen (secondary N) is 2.